The third-order valence-electron chi connectivity index (χ3n) is 16.0. The zero-order chi connectivity index (χ0) is 44.6. The standard InChI is InChI=1S/C49H69ClN10O4S/c1-28-29(2)65-49-45(28)46(54-42(26-44-52-18-21-62-44)47-58-55-30(3)60(47)49)33-4-9-36(10-5-33)64-39-23-32(24-39)22-31-16-19-59(20-17-31)43-15-14-41(56-57-43)48(61)53-35-7-12-37(13-8-35)63-38-11-6-34(27-51)40(50)25-38/h4-6,9-11,25,28-32,35,37,39,41-45,47,49,52,55-58H,7-8,12-24,26H2,1-3H3,(H,53,61)/t28?,29?,30?,32?,35?,37?,39?,41?,42-,43?,44?,45?,47?,49?/m0/s1. The molecule has 2 saturated carbocycles. The second-order valence-corrected chi connectivity index (χ2v) is 22.1. The van der Waals surface area contributed by atoms with E-state index in [1.165, 1.54) is 30.5 Å². The summed E-state index contributed by atoms with van der Waals surface area (Å²) in [5.41, 5.74) is 16.9. The smallest absolute Gasteiger partial charge is 0.238 e. The molecule has 6 heterocycles. The number of hydrazine groups is 2. The average Bonchev–Trinajstić information content (AvgIpc) is 4.02. The van der Waals surface area contributed by atoms with E-state index in [1.807, 2.05) is 0 Å². The maximum atomic E-state index is 13.2. The summed E-state index contributed by atoms with van der Waals surface area (Å²) in [6.07, 6.45) is 13.1. The van der Waals surface area contributed by atoms with E-state index >= 15 is 0 Å². The number of thioether (sulfide) groups is 1. The van der Waals surface area contributed by atoms with Gasteiger partial charge in [-0.1, -0.05) is 25.4 Å². The molecule has 2 aliphatic carbocycles. The first kappa shape index (κ1) is 45.8. The minimum Gasteiger partial charge on any atom is -0.490 e. The van der Waals surface area contributed by atoms with Gasteiger partial charge in [0.25, 0.3) is 0 Å². The van der Waals surface area contributed by atoms with E-state index in [2.05, 4.69) is 105 Å². The van der Waals surface area contributed by atoms with E-state index in [1.54, 1.807) is 18.2 Å². The molecule has 14 nitrogen and oxygen atoms in total. The summed E-state index contributed by atoms with van der Waals surface area (Å²) in [4.78, 5) is 24.1. The van der Waals surface area contributed by atoms with Crippen LogP contribution < -0.4 is 41.8 Å². The Bertz CT molecular complexity index is 2020. The lowest BCUT2D eigenvalue weighted by molar-refractivity contribution is -0.125. The lowest BCUT2D eigenvalue weighted by atomic mass is 9.74. The monoisotopic (exact) mass is 928 g/mol. The first-order valence-electron chi connectivity index (χ1n) is 24.7. The molecule has 0 radical (unpaired) electrons. The van der Waals surface area contributed by atoms with Crippen molar-refractivity contribution in [1.82, 2.24) is 42.1 Å². The highest BCUT2D eigenvalue weighted by atomic mass is 35.5. The van der Waals surface area contributed by atoms with Gasteiger partial charge in [0.1, 0.15) is 29.8 Å². The van der Waals surface area contributed by atoms with Crippen LogP contribution in [0.4, 0.5) is 0 Å². The number of nitriles is 1. The quantitative estimate of drug-likeness (QED) is 0.151. The number of carbonyl (C=O) groups is 1. The second-order valence-electron chi connectivity index (χ2n) is 20.2. The summed E-state index contributed by atoms with van der Waals surface area (Å²) < 4.78 is 18.8. The first-order chi connectivity index (χ1) is 31.6. The van der Waals surface area contributed by atoms with Gasteiger partial charge in [0.2, 0.25) is 5.91 Å². The molecular formula is C49H69ClN10O4S. The Morgan fingerprint density at radius 1 is 0.908 bits per heavy atom. The second kappa shape index (κ2) is 20.3. The summed E-state index contributed by atoms with van der Waals surface area (Å²) in [7, 11) is 0. The number of nitrogens with one attached hydrogen (secondary N) is 6. The zero-order valence-electron chi connectivity index (χ0n) is 38.2. The fourth-order valence-corrected chi connectivity index (χ4v) is 14.0. The molecule has 9 unspecified atom stereocenters. The maximum Gasteiger partial charge on any atom is 0.238 e. The van der Waals surface area contributed by atoms with Gasteiger partial charge >= 0.3 is 0 Å². The Morgan fingerprint density at radius 3 is 2.38 bits per heavy atom. The third-order valence-corrected chi connectivity index (χ3v) is 17.9. The normalized spacial score (nSPS) is 37.9. The van der Waals surface area contributed by atoms with Crippen molar-refractivity contribution in [2.75, 3.05) is 26.2 Å². The lowest BCUT2D eigenvalue weighted by Gasteiger charge is -2.43. The van der Waals surface area contributed by atoms with Crippen molar-refractivity contribution in [3.8, 4) is 17.6 Å². The van der Waals surface area contributed by atoms with Gasteiger partial charge in [-0.3, -0.25) is 24.9 Å². The number of amides is 1. The SMILES string of the molecule is CC1SC2C(C(c3ccc(OC4CC(CC5CCN(C6CCC(C(=O)NC7CCC(Oc8ccc(C#N)c(Cl)c8)CC7)NN6)CC5)C4)cc3)=N[C@@H](CC3NCCO3)C3NNC(C)N23)C1C. The molecule has 2 aromatic rings. The highest BCUT2D eigenvalue weighted by molar-refractivity contribution is 8.00. The van der Waals surface area contributed by atoms with Crippen LogP contribution in [0.3, 0.4) is 0 Å². The molecule has 6 N–H and O–H groups in total. The molecule has 6 aliphatic heterocycles. The predicted octanol–water partition coefficient (Wildman–Crippen LogP) is 5.86. The number of aliphatic imine (C=N–C) groups is 1. The minimum absolute atomic E-state index is 0.0320. The molecule has 1 amide bonds. The number of nitrogens with zero attached hydrogens (tertiary/aromatic N) is 4. The van der Waals surface area contributed by atoms with Crippen LogP contribution in [-0.2, 0) is 9.53 Å². The van der Waals surface area contributed by atoms with E-state index in [4.69, 9.17) is 36.1 Å². The number of hydrogen-bond donors (Lipinski definition) is 6. The summed E-state index contributed by atoms with van der Waals surface area (Å²) in [6.45, 7) is 10.9. The van der Waals surface area contributed by atoms with Gasteiger partial charge < -0.3 is 19.5 Å². The van der Waals surface area contributed by atoms with Crippen molar-refractivity contribution in [3.05, 3.63) is 58.6 Å². The number of rotatable bonds is 12. The summed E-state index contributed by atoms with van der Waals surface area (Å²) >= 11 is 8.29. The van der Waals surface area contributed by atoms with Crippen molar-refractivity contribution in [2.24, 2.45) is 28.7 Å². The summed E-state index contributed by atoms with van der Waals surface area (Å²) in [5, 5.41) is 17.3. The number of likely N-dealkylation sites (tertiary alicyclic amines) is 1. The van der Waals surface area contributed by atoms with Crippen LogP contribution in [0.15, 0.2) is 47.5 Å². The van der Waals surface area contributed by atoms with Gasteiger partial charge in [0.05, 0.1) is 59.3 Å². The molecule has 7 fully saturated rings. The maximum absolute atomic E-state index is 13.2. The fraction of sp³-hybridized carbons (Fsp3) is 0.694. The van der Waals surface area contributed by atoms with E-state index < -0.39 is 0 Å². The molecular weight excluding hydrogens is 860 g/mol. The number of benzene rings is 2. The molecule has 65 heavy (non-hydrogen) atoms. The number of fused-ring (bicyclic) bond motifs is 3. The fourth-order valence-electron chi connectivity index (χ4n) is 12.0. The number of halogens is 1. The van der Waals surface area contributed by atoms with E-state index in [-0.39, 0.29) is 54.9 Å². The van der Waals surface area contributed by atoms with E-state index in [0.717, 1.165) is 102 Å². The Hall–Kier alpha value is -3.01. The Kier molecular flexibility index (Phi) is 14.3. The van der Waals surface area contributed by atoms with Crippen molar-refractivity contribution >= 4 is 35.0 Å². The topological polar surface area (TPSA) is 160 Å². The highest BCUT2D eigenvalue weighted by Gasteiger charge is 2.53. The van der Waals surface area contributed by atoms with Gasteiger partial charge in [0, 0.05) is 42.0 Å². The number of hydrogen-bond acceptors (Lipinski definition) is 14. The molecule has 352 valence electrons. The zero-order valence-corrected chi connectivity index (χ0v) is 39.8. The van der Waals surface area contributed by atoms with Gasteiger partial charge in [-0.2, -0.15) is 5.26 Å². The largest absolute Gasteiger partial charge is 0.490 e. The number of ether oxygens (including phenoxy) is 3. The first-order valence-corrected chi connectivity index (χ1v) is 26.0. The number of piperidine rings is 1. The average molecular weight is 930 g/mol. The van der Waals surface area contributed by atoms with Crippen LogP contribution in [0.25, 0.3) is 0 Å². The minimum atomic E-state index is -0.224. The molecule has 8 aliphatic rings. The summed E-state index contributed by atoms with van der Waals surface area (Å²) in [5.74, 6) is 4.08. The van der Waals surface area contributed by atoms with Crippen LogP contribution in [0.1, 0.15) is 109 Å². The predicted molar refractivity (Wildman–Crippen MR) is 254 cm³/mol. The van der Waals surface area contributed by atoms with Crippen LogP contribution in [0, 0.1) is 35.0 Å². The Morgan fingerprint density at radius 2 is 1.68 bits per heavy atom. The molecule has 2 aromatic carbocycles. The molecule has 10 rings (SSSR count). The molecule has 0 aromatic heterocycles. The molecule has 16 heteroatoms. The van der Waals surface area contributed by atoms with Gasteiger partial charge in [0.15, 0.2) is 0 Å². The van der Waals surface area contributed by atoms with Crippen molar-refractivity contribution in [3.63, 3.8) is 0 Å². The van der Waals surface area contributed by atoms with Gasteiger partial charge in [-0.05, 0) is 150 Å². The third kappa shape index (κ3) is 10.2. The highest BCUT2D eigenvalue weighted by Crippen LogP contribution is 2.49. The van der Waals surface area contributed by atoms with E-state index in [9.17, 15) is 4.79 Å². The Labute approximate surface area is 394 Å². The van der Waals surface area contributed by atoms with Crippen LogP contribution in [-0.4, -0.2) is 113 Å². The summed E-state index contributed by atoms with van der Waals surface area (Å²) in [6, 6.07) is 16.2. The van der Waals surface area contributed by atoms with E-state index in [0.29, 0.717) is 44.9 Å². The molecule has 10 atom stereocenters. The van der Waals surface area contributed by atoms with Gasteiger partial charge in [-0.15, -0.1) is 11.8 Å². The van der Waals surface area contributed by atoms with Crippen LogP contribution in [0.5, 0.6) is 11.5 Å². The van der Waals surface area contributed by atoms with Gasteiger partial charge in [-0.25, -0.2) is 21.7 Å². The molecule has 0 spiro atoms. The molecule has 0 bridgehead atoms. The Balaban J connectivity index is 0.639. The van der Waals surface area contributed by atoms with Crippen LogP contribution >= 0.6 is 23.4 Å². The van der Waals surface area contributed by atoms with Crippen molar-refractivity contribution in [2.45, 2.75) is 164 Å². The van der Waals surface area contributed by atoms with Crippen molar-refractivity contribution < 1.29 is 19.0 Å². The van der Waals surface area contributed by atoms with Crippen LogP contribution in [0.2, 0.25) is 5.02 Å². The number of carbonyl (C=O) groups excluding carboxylic acids is 1. The lowest BCUT2D eigenvalue weighted by Crippen LogP contribution is -2.63. The molecule has 5 saturated heterocycles. The van der Waals surface area contributed by atoms with Crippen molar-refractivity contribution in [1.29, 1.82) is 5.26 Å².